The summed E-state index contributed by atoms with van der Waals surface area (Å²) in [5.41, 5.74) is -0.0403. The molecule has 178 valence electrons. The fourth-order valence-electron chi connectivity index (χ4n) is 4.32. The van der Waals surface area contributed by atoms with E-state index in [0.717, 1.165) is 31.5 Å². The van der Waals surface area contributed by atoms with Crippen molar-refractivity contribution < 1.29 is 19.1 Å². The van der Waals surface area contributed by atoms with Crippen molar-refractivity contribution in [3.63, 3.8) is 0 Å². The van der Waals surface area contributed by atoms with Crippen LogP contribution in [0.3, 0.4) is 0 Å². The van der Waals surface area contributed by atoms with E-state index < -0.39 is 5.60 Å². The number of ether oxygens (including phenoxy) is 2. The quantitative estimate of drug-likeness (QED) is 0.623. The van der Waals surface area contributed by atoms with Crippen LogP contribution in [-0.4, -0.2) is 66.6 Å². The van der Waals surface area contributed by atoms with Crippen LogP contribution in [-0.2, 0) is 14.3 Å². The first-order valence-electron chi connectivity index (χ1n) is 11.7. The van der Waals surface area contributed by atoms with Gasteiger partial charge in [0.1, 0.15) is 18.0 Å². The fraction of sp³-hybridized carbons (Fsp3) is 0.680. The number of benzene rings is 1. The van der Waals surface area contributed by atoms with Gasteiger partial charge in [0.2, 0.25) is 11.8 Å². The van der Waals surface area contributed by atoms with Crippen LogP contribution >= 0.6 is 11.6 Å². The number of amides is 2. The molecular formula is C25H37ClN2O4. The third kappa shape index (κ3) is 6.85. The molecule has 0 radical (unpaired) electrons. The Bertz CT molecular complexity index is 817. The van der Waals surface area contributed by atoms with Crippen molar-refractivity contribution in [2.75, 3.05) is 39.4 Å². The van der Waals surface area contributed by atoms with Gasteiger partial charge in [-0.2, -0.15) is 0 Å². The number of nitrogens with zero attached hydrogens (tertiary/aromatic N) is 2. The molecule has 7 heteroatoms. The number of carbonyl (C=O) groups is 2. The van der Waals surface area contributed by atoms with Crippen molar-refractivity contribution in [2.24, 2.45) is 5.41 Å². The van der Waals surface area contributed by atoms with E-state index >= 15 is 0 Å². The highest BCUT2D eigenvalue weighted by Gasteiger charge is 2.42. The van der Waals surface area contributed by atoms with Crippen molar-refractivity contribution >= 4 is 23.4 Å². The molecule has 3 rings (SSSR count). The van der Waals surface area contributed by atoms with E-state index in [4.69, 9.17) is 21.1 Å². The maximum absolute atomic E-state index is 13.2. The molecule has 2 aliphatic rings. The number of morpholine rings is 1. The van der Waals surface area contributed by atoms with Gasteiger partial charge in [-0.15, -0.1) is 0 Å². The van der Waals surface area contributed by atoms with E-state index in [0.29, 0.717) is 36.9 Å². The Morgan fingerprint density at radius 1 is 1.09 bits per heavy atom. The van der Waals surface area contributed by atoms with E-state index in [1.54, 1.807) is 6.07 Å². The van der Waals surface area contributed by atoms with Crippen LogP contribution in [0.1, 0.15) is 58.4 Å². The number of aryl methyl sites for hydroxylation is 1. The average Bonchev–Trinajstić information content (AvgIpc) is 2.74. The van der Waals surface area contributed by atoms with Crippen molar-refractivity contribution in [3.8, 4) is 5.75 Å². The van der Waals surface area contributed by atoms with Crippen LogP contribution in [0.15, 0.2) is 18.2 Å². The zero-order valence-electron chi connectivity index (χ0n) is 19.9. The maximum Gasteiger partial charge on any atom is 0.225 e. The predicted octanol–water partition coefficient (Wildman–Crippen LogP) is 4.46. The lowest BCUT2D eigenvalue weighted by Gasteiger charge is -2.43. The number of hydrogen-bond donors (Lipinski definition) is 0. The molecule has 0 saturated carbocycles. The molecule has 1 aromatic rings. The first-order valence-corrected chi connectivity index (χ1v) is 12.0. The van der Waals surface area contributed by atoms with Crippen molar-refractivity contribution in [2.45, 2.75) is 65.4 Å². The maximum atomic E-state index is 13.2. The summed E-state index contributed by atoms with van der Waals surface area (Å²) in [4.78, 5) is 29.9. The van der Waals surface area contributed by atoms with Crippen LogP contribution in [0.25, 0.3) is 0 Å². The zero-order chi connectivity index (χ0) is 23.4. The average molecular weight is 465 g/mol. The Kier molecular flexibility index (Phi) is 8.10. The summed E-state index contributed by atoms with van der Waals surface area (Å²) < 4.78 is 12.3. The number of likely N-dealkylation sites (tertiary alicyclic amines) is 1. The number of halogens is 1. The highest BCUT2D eigenvalue weighted by Crippen LogP contribution is 2.29. The molecule has 2 aliphatic heterocycles. The molecule has 2 amide bonds. The molecule has 0 unspecified atom stereocenters. The summed E-state index contributed by atoms with van der Waals surface area (Å²) in [5, 5.41) is 0.681. The molecule has 2 fully saturated rings. The minimum Gasteiger partial charge on any atom is -0.490 e. The van der Waals surface area contributed by atoms with Gasteiger partial charge < -0.3 is 19.3 Å². The van der Waals surface area contributed by atoms with Crippen LogP contribution in [0, 0.1) is 12.3 Å². The lowest BCUT2D eigenvalue weighted by molar-refractivity contribution is -0.167. The summed E-state index contributed by atoms with van der Waals surface area (Å²) in [5.74, 6) is 0.849. The van der Waals surface area contributed by atoms with Crippen LogP contribution in [0.2, 0.25) is 5.02 Å². The van der Waals surface area contributed by atoms with Gasteiger partial charge in [-0.05, 0) is 55.4 Å². The lowest BCUT2D eigenvalue weighted by Crippen LogP contribution is -2.58. The molecular weight excluding hydrogens is 428 g/mol. The van der Waals surface area contributed by atoms with Gasteiger partial charge in [-0.3, -0.25) is 9.59 Å². The smallest absolute Gasteiger partial charge is 0.225 e. The van der Waals surface area contributed by atoms with E-state index in [9.17, 15) is 9.59 Å². The first-order chi connectivity index (χ1) is 15.1. The predicted molar refractivity (Wildman–Crippen MR) is 126 cm³/mol. The molecule has 0 bridgehead atoms. The Morgan fingerprint density at radius 3 is 2.47 bits per heavy atom. The Hall–Kier alpha value is -1.79. The summed E-state index contributed by atoms with van der Waals surface area (Å²) in [6.45, 7) is 11.2. The van der Waals surface area contributed by atoms with E-state index in [1.807, 2.05) is 28.9 Å². The minimum absolute atomic E-state index is 0.0747. The van der Waals surface area contributed by atoms with Gasteiger partial charge in [0.05, 0.1) is 19.6 Å². The van der Waals surface area contributed by atoms with Crippen molar-refractivity contribution in [1.82, 2.24) is 9.80 Å². The summed E-state index contributed by atoms with van der Waals surface area (Å²) in [6, 6.07) is 5.51. The molecule has 6 nitrogen and oxygen atoms in total. The minimum atomic E-state index is -0.867. The van der Waals surface area contributed by atoms with E-state index in [-0.39, 0.29) is 30.3 Å². The Balaban J connectivity index is 1.76. The largest absolute Gasteiger partial charge is 0.490 e. The SMILES string of the molecule is Cc1cc(OC[C@@]2(CC(=O)N3CCCCC3)CN(C(=O)CC(C)(C)C)CCO2)ccc1Cl. The second-order valence-electron chi connectivity index (χ2n) is 10.4. The molecule has 0 N–H and O–H groups in total. The van der Waals surface area contributed by atoms with Crippen molar-refractivity contribution in [1.29, 1.82) is 0 Å². The van der Waals surface area contributed by atoms with Gasteiger partial charge in [0, 0.05) is 31.1 Å². The highest BCUT2D eigenvalue weighted by molar-refractivity contribution is 6.31. The third-order valence-corrected chi connectivity index (χ3v) is 6.52. The second-order valence-corrected chi connectivity index (χ2v) is 10.8. The second kappa shape index (κ2) is 10.4. The first kappa shape index (κ1) is 24.8. The molecule has 0 aliphatic carbocycles. The summed E-state index contributed by atoms with van der Waals surface area (Å²) in [6.07, 6.45) is 3.91. The van der Waals surface area contributed by atoms with Crippen LogP contribution < -0.4 is 4.74 Å². The standard InChI is InChI=1S/C25H37ClN2O4/c1-19-14-20(8-9-21(19)26)31-18-25(16-23(30)27-10-6-5-7-11-27)17-28(12-13-32-25)22(29)15-24(2,3)4/h8-9,14H,5-7,10-13,15-18H2,1-4H3/t25-/m1/s1. The molecule has 1 atom stereocenters. The lowest BCUT2D eigenvalue weighted by atomic mass is 9.90. The van der Waals surface area contributed by atoms with Gasteiger partial charge in [0.15, 0.2) is 0 Å². The Morgan fingerprint density at radius 2 is 1.81 bits per heavy atom. The fourth-order valence-corrected chi connectivity index (χ4v) is 4.44. The molecule has 2 heterocycles. The molecule has 2 saturated heterocycles. The monoisotopic (exact) mass is 464 g/mol. The summed E-state index contributed by atoms with van der Waals surface area (Å²) in [7, 11) is 0. The molecule has 1 aromatic carbocycles. The molecule has 0 aromatic heterocycles. The number of hydrogen-bond acceptors (Lipinski definition) is 4. The molecule has 0 spiro atoms. The van der Waals surface area contributed by atoms with Gasteiger partial charge in [-0.25, -0.2) is 0 Å². The topological polar surface area (TPSA) is 59.1 Å². The normalized spacial score (nSPS) is 22.0. The zero-order valence-corrected chi connectivity index (χ0v) is 20.7. The van der Waals surface area contributed by atoms with Crippen LogP contribution in [0.4, 0.5) is 0 Å². The van der Waals surface area contributed by atoms with E-state index in [1.165, 1.54) is 6.42 Å². The Labute approximate surface area is 197 Å². The third-order valence-electron chi connectivity index (χ3n) is 6.10. The van der Waals surface area contributed by atoms with E-state index in [2.05, 4.69) is 20.8 Å². The van der Waals surface area contributed by atoms with Crippen molar-refractivity contribution in [3.05, 3.63) is 28.8 Å². The number of piperidine rings is 1. The van der Waals surface area contributed by atoms with Gasteiger partial charge >= 0.3 is 0 Å². The number of rotatable bonds is 6. The van der Waals surface area contributed by atoms with Crippen LogP contribution in [0.5, 0.6) is 5.75 Å². The van der Waals surface area contributed by atoms with Gasteiger partial charge in [-0.1, -0.05) is 32.4 Å². The summed E-state index contributed by atoms with van der Waals surface area (Å²) >= 11 is 6.14. The highest BCUT2D eigenvalue weighted by atomic mass is 35.5. The molecule has 32 heavy (non-hydrogen) atoms. The van der Waals surface area contributed by atoms with Gasteiger partial charge in [0.25, 0.3) is 0 Å². The number of carbonyl (C=O) groups excluding carboxylic acids is 2.